The van der Waals surface area contributed by atoms with E-state index >= 15 is 8.78 Å². The summed E-state index contributed by atoms with van der Waals surface area (Å²) in [7, 11) is 0. The minimum Gasteiger partial charge on any atom is -0.444 e. The van der Waals surface area contributed by atoms with Crippen LogP contribution in [0.1, 0.15) is 19.8 Å². The van der Waals surface area contributed by atoms with Crippen molar-refractivity contribution in [1.29, 1.82) is 0 Å². The van der Waals surface area contributed by atoms with E-state index in [4.69, 9.17) is 4.74 Å². The molecular weight excluding hydrogens is 490 g/mol. The zero-order valence-electron chi connectivity index (χ0n) is 20.0. The van der Waals surface area contributed by atoms with Gasteiger partial charge in [0.15, 0.2) is 11.6 Å². The molecule has 3 aromatic rings. The van der Waals surface area contributed by atoms with Crippen molar-refractivity contribution >= 4 is 23.3 Å². The van der Waals surface area contributed by atoms with Gasteiger partial charge in [0.25, 0.3) is 0 Å². The van der Waals surface area contributed by atoms with E-state index < -0.39 is 35.2 Å². The molecule has 0 aliphatic carbocycles. The molecule has 0 saturated carbocycles. The monoisotopic (exact) mass is 514 g/mol. The van der Waals surface area contributed by atoms with Crippen LogP contribution in [0.25, 0.3) is 5.82 Å². The van der Waals surface area contributed by atoms with Gasteiger partial charge < -0.3 is 14.4 Å². The average molecular weight is 514 g/mol. The standard InChI is InChI=1S/C24H24F2N6O5/c1-15(33)5-6-17-14-29(24(36)37-17)16-12-18(25)21(19(26)13-16)28-8-10-30-22(34)32(20-4-2-3-7-27-20)23(35)31(30)11-9-28/h2-4,7,12-13,17H,5-6,8-11,14H2,1H3/t17-/m0/s1. The summed E-state index contributed by atoms with van der Waals surface area (Å²) in [6.07, 6.45) is 0.756. The molecule has 1 atom stereocenters. The minimum absolute atomic E-state index is 0.00428. The van der Waals surface area contributed by atoms with Crippen LogP contribution in [0.2, 0.25) is 0 Å². The third kappa shape index (κ3) is 4.52. The molecule has 11 nitrogen and oxygen atoms in total. The van der Waals surface area contributed by atoms with Crippen molar-refractivity contribution < 1.29 is 23.1 Å². The highest BCUT2D eigenvalue weighted by molar-refractivity contribution is 5.90. The second-order valence-electron chi connectivity index (χ2n) is 8.94. The maximum absolute atomic E-state index is 15.2. The minimum atomic E-state index is -0.889. The Hall–Kier alpha value is -4.29. The van der Waals surface area contributed by atoms with E-state index in [0.717, 1.165) is 21.6 Å². The molecule has 0 N–H and O–H groups in total. The lowest BCUT2D eigenvalue weighted by Crippen LogP contribution is -2.34. The Morgan fingerprint density at radius 3 is 2.24 bits per heavy atom. The number of ether oxygens (including phenoxy) is 1. The van der Waals surface area contributed by atoms with Gasteiger partial charge in [0.1, 0.15) is 23.4 Å². The van der Waals surface area contributed by atoms with Gasteiger partial charge in [-0.15, -0.1) is 0 Å². The van der Waals surface area contributed by atoms with Crippen LogP contribution in [0.15, 0.2) is 46.1 Å². The molecule has 4 heterocycles. The summed E-state index contributed by atoms with van der Waals surface area (Å²) in [5.74, 6) is -1.63. The second kappa shape index (κ2) is 9.64. The Bertz CT molecular complexity index is 1420. The largest absolute Gasteiger partial charge is 0.444 e. The predicted octanol–water partition coefficient (Wildman–Crippen LogP) is 1.69. The zero-order valence-corrected chi connectivity index (χ0v) is 20.0. The van der Waals surface area contributed by atoms with Crippen molar-refractivity contribution in [2.24, 2.45) is 0 Å². The lowest BCUT2D eigenvalue weighted by atomic mass is 10.1. The number of hydrogen-bond donors (Lipinski definition) is 0. The van der Waals surface area contributed by atoms with Gasteiger partial charge in [0, 0.05) is 37.8 Å². The number of carbonyl (C=O) groups excluding carboxylic acids is 2. The van der Waals surface area contributed by atoms with Crippen molar-refractivity contribution in [2.75, 3.05) is 29.4 Å². The molecule has 0 bridgehead atoms. The summed E-state index contributed by atoms with van der Waals surface area (Å²) in [5.41, 5.74) is -1.49. The Labute approximate surface area is 209 Å². The fourth-order valence-electron chi connectivity index (χ4n) is 4.66. The Morgan fingerprint density at radius 2 is 1.68 bits per heavy atom. The number of cyclic esters (lactones) is 1. The van der Waals surface area contributed by atoms with Crippen LogP contribution in [0.5, 0.6) is 0 Å². The third-order valence-corrected chi connectivity index (χ3v) is 6.48. The number of hydrogen-bond acceptors (Lipinski definition) is 7. The molecule has 0 spiro atoms. The normalized spacial score (nSPS) is 17.5. The molecule has 2 aliphatic heterocycles. The highest BCUT2D eigenvalue weighted by Crippen LogP contribution is 2.32. The van der Waals surface area contributed by atoms with Crippen molar-refractivity contribution in [1.82, 2.24) is 18.9 Å². The number of Topliss-reactive ketones (excluding diaryl/α,β-unsaturated/α-hetero) is 1. The summed E-state index contributed by atoms with van der Waals surface area (Å²) in [6.45, 7) is 1.68. The lowest BCUT2D eigenvalue weighted by Gasteiger charge is -2.24. The first-order valence-electron chi connectivity index (χ1n) is 11.8. The molecule has 1 saturated heterocycles. The van der Waals surface area contributed by atoms with Crippen molar-refractivity contribution in [3.8, 4) is 5.82 Å². The van der Waals surface area contributed by atoms with Crippen LogP contribution in [-0.2, 0) is 22.6 Å². The quantitative estimate of drug-likeness (QED) is 0.492. The molecule has 13 heteroatoms. The van der Waals surface area contributed by atoms with Gasteiger partial charge in [0.05, 0.1) is 25.3 Å². The van der Waals surface area contributed by atoms with Crippen LogP contribution in [-0.4, -0.2) is 56.5 Å². The fraction of sp³-hybridized carbons (Fsp3) is 0.375. The summed E-state index contributed by atoms with van der Waals surface area (Å²) in [4.78, 5) is 56.0. The van der Waals surface area contributed by atoms with E-state index in [9.17, 15) is 19.2 Å². The number of carbonyl (C=O) groups is 2. The Balaban J connectivity index is 1.36. The first kappa shape index (κ1) is 24.4. The molecule has 1 fully saturated rings. The molecular formula is C24H24F2N6O5. The fourth-order valence-corrected chi connectivity index (χ4v) is 4.66. The second-order valence-corrected chi connectivity index (χ2v) is 8.94. The molecule has 0 radical (unpaired) electrons. The first-order valence-corrected chi connectivity index (χ1v) is 11.8. The molecule has 2 aliphatic rings. The van der Waals surface area contributed by atoms with Gasteiger partial charge >= 0.3 is 17.5 Å². The number of benzene rings is 1. The van der Waals surface area contributed by atoms with E-state index in [1.165, 1.54) is 27.4 Å². The topological polar surface area (TPSA) is 112 Å². The number of nitrogens with zero attached hydrogens (tertiary/aromatic N) is 6. The molecule has 5 rings (SSSR count). The smallest absolute Gasteiger partial charge is 0.414 e. The van der Waals surface area contributed by atoms with Gasteiger partial charge in [-0.25, -0.2) is 37.5 Å². The maximum Gasteiger partial charge on any atom is 0.414 e. The van der Waals surface area contributed by atoms with E-state index in [-0.39, 0.29) is 62.1 Å². The SMILES string of the molecule is CC(=O)CC[C@H]1CN(c2cc(F)c(N3CCn4c(=O)n(-c5ccccn5)c(=O)n4CC3)c(F)c2)C(=O)O1. The maximum atomic E-state index is 15.2. The summed E-state index contributed by atoms with van der Waals surface area (Å²) in [5, 5.41) is 0. The van der Waals surface area contributed by atoms with Crippen molar-refractivity contribution in [3.05, 3.63) is 69.1 Å². The Kier molecular flexibility index (Phi) is 6.36. The molecule has 1 aromatic carbocycles. The van der Waals surface area contributed by atoms with Crippen LogP contribution in [0.3, 0.4) is 0 Å². The van der Waals surface area contributed by atoms with Gasteiger partial charge in [-0.3, -0.25) is 4.90 Å². The molecule has 194 valence electrons. The van der Waals surface area contributed by atoms with Gasteiger partial charge in [-0.2, -0.15) is 4.57 Å². The highest BCUT2D eigenvalue weighted by atomic mass is 19.1. The van der Waals surface area contributed by atoms with Crippen LogP contribution < -0.4 is 21.2 Å². The summed E-state index contributed by atoms with van der Waals surface area (Å²) in [6, 6.07) is 6.98. The number of rotatable bonds is 6. The van der Waals surface area contributed by atoms with Crippen LogP contribution in [0.4, 0.5) is 25.0 Å². The van der Waals surface area contributed by atoms with Crippen LogP contribution in [0, 0.1) is 11.6 Å². The van der Waals surface area contributed by atoms with E-state index in [1.807, 2.05) is 0 Å². The number of anilines is 2. The number of fused-ring (bicyclic) bond motifs is 1. The Morgan fingerprint density at radius 1 is 1.03 bits per heavy atom. The van der Waals surface area contributed by atoms with Gasteiger partial charge in [-0.05, 0) is 25.5 Å². The molecule has 37 heavy (non-hydrogen) atoms. The molecule has 2 aromatic heterocycles. The molecule has 1 amide bonds. The number of amides is 1. The zero-order chi connectivity index (χ0) is 26.3. The number of halogens is 2. The van der Waals surface area contributed by atoms with Gasteiger partial charge in [0.2, 0.25) is 0 Å². The van der Waals surface area contributed by atoms with Gasteiger partial charge in [-0.1, -0.05) is 6.07 Å². The first-order chi connectivity index (χ1) is 17.7. The number of aromatic nitrogens is 4. The lowest BCUT2D eigenvalue weighted by molar-refractivity contribution is -0.117. The van der Waals surface area contributed by atoms with E-state index in [1.54, 1.807) is 18.2 Å². The average Bonchev–Trinajstić information content (AvgIpc) is 3.24. The van der Waals surface area contributed by atoms with Crippen LogP contribution >= 0.6 is 0 Å². The third-order valence-electron chi connectivity index (χ3n) is 6.48. The predicted molar refractivity (Wildman–Crippen MR) is 128 cm³/mol. The summed E-state index contributed by atoms with van der Waals surface area (Å²) < 4.78 is 39.1. The summed E-state index contributed by atoms with van der Waals surface area (Å²) >= 11 is 0. The number of ketones is 1. The highest BCUT2D eigenvalue weighted by Gasteiger charge is 2.34. The molecule has 0 unspecified atom stereocenters. The van der Waals surface area contributed by atoms with Crippen molar-refractivity contribution in [3.63, 3.8) is 0 Å². The van der Waals surface area contributed by atoms with Crippen molar-refractivity contribution in [2.45, 2.75) is 39.0 Å². The van der Waals surface area contributed by atoms with E-state index in [0.29, 0.717) is 6.42 Å². The van der Waals surface area contributed by atoms with E-state index in [2.05, 4.69) is 4.98 Å². The number of pyridine rings is 1.